The first-order chi connectivity index (χ1) is 16.9. The minimum Gasteiger partial charge on any atom is -0.439 e. The van der Waals surface area contributed by atoms with Gasteiger partial charge in [-0.05, 0) is 66.8 Å². The van der Waals surface area contributed by atoms with Gasteiger partial charge in [-0.1, -0.05) is 37.5 Å². The van der Waals surface area contributed by atoms with Crippen LogP contribution in [-0.2, 0) is 10.0 Å². The molecule has 1 saturated carbocycles. The maximum atomic E-state index is 12.8. The molecular weight excluding hydrogens is 462 g/mol. The van der Waals surface area contributed by atoms with Crippen molar-refractivity contribution in [3.8, 4) is 11.6 Å². The summed E-state index contributed by atoms with van der Waals surface area (Å²) in [5.41, 5.74) is 2.05. The summed E-state index contributed by atoms with van der Waals surface area (Å²) in [5.74, 6) is 1.09. The van der Waals surface area contributed by atoms with Crippen LogP contribution in [0.25, 0.3) is 0 Å². The zero-order valence-electron chi connectivity index (χ0n) is 19.4. The van der Waals surface area contributed by atoms with Crippen LogP contribution in [0.3, 0.4) is 0 Å². The number of amides is 1. The largest absolute Gasteiger partial charge is 0.439 e. The highest BCUT2D eigenvalue weighted by atomic mass is 32.2. The predicted molar refractivity (Wildman–Crippen MR) is 136 cm³/mol. The van der Waals surface area contributed by atoms with Crippen LogP contribution in [0, 0.1) is 0 Å². The lowest BCUT2D eigenvalue weighted by atomic mass is 9.84. The van der Waals surface area contributed by atoms with Gasteiger partial charge < -0.3 is 10.1 Å². The molecule has 1 aliphatic rings. The van der Waals surface area contributed by atoms with E-state index in [0.29, 0.717) is 35.3 Å². The lowest BCUT2D eigenvalue weighted by molar-refractivity contribution is 0.0957. The number of sulfonamides is 1. The van der Waals surface area contributed by atoms with Gasteiger partial charge in [0.2, 0.25) is 5.88 Å². The summed E-state index contributed by atoms with van der Waals surface area (Å²) >= 11 is 0. The van der Waals surface area contributed by atoms with Crippen LogP contribution in [0.4, 0.5) is 5.69 Å². The Bertz CT molecular complexity index is 1250. The highest BCUT2D eigenvalue weighted by molar-refractivity contribution is 7.92. The Balaban J connectivity index is 1.36. The first-order valence-electron chi connectivity index (χ1n) is 11.7. The van der Waals surface area contributed by atoms with E-state index in [-0.39, 0.29) is 10.8 Å². The third-order valence-electron chi connectivity index (χ3n) is 6.00. The number of hydrogen-bond acceptors (Lipinski definition) is 5. The second-order valence-electron chi connectivity index (χ2n) is 8.52. The molecule has 1 aliphatic carbocycles. The number of carbonyl (C=O) groups is 1. The van der Waals surface area contributed by atoms with Crippen molar-refractivity contribution in [3.63, 3.8) is 0 Å². The van der Waals surface area contributed by atoms with Gasteiger partial charge in [0.1, 0.15) is 5.75 Å². The first-order valence-corrected chi connectivity index (χ1v) is 13.2. The van der Waals surface area contributed by atoms with Crippen LogP contribution in [-0.4, -0.2) is 25.9 Å². The van der Waals surface area contributed by atoms with E-state index in [0.717, 1.165) is 0 Å². The maximum Gasteiger partial charge on any atom is 0.261 e. The summed E-state index contributed by atoms with van der Waals surface area (Å²) in [6.07, 6.45) is 9.12. The van der Waals surface area contributed by atoms with Crippen LogP contribution in [0.5, 0.6) is 11.6 Å². The van der Waals surface area contributed by atoms with Crippen molar-refractivity contribution in [2.24, 2.45) is 0 Å². The number of carbonyl (C=O) groups excluding carboxylic acids is 1. The van der Waals surface area contributed by atoms with Crippen LogP contribution >= 0.6 is 0 Å². The fourth-order valence-electron chi connectivity index (χ4n) is 4.12. The Morgan fingerprint density at radius 3 is 2.34 bits per heavy atom. The van der Waals surface area contributed by atoms with Crippen molar-refractivity contribution in [1.82, 2.24) is 10.3 Å². The van der Waals surface area contributed by atoms with Gasteiger partial charge in [-0.15, -0.1) is 6.58 Å². The van der Waals surface area contributed by atoms with E-state index in [9.17, 15) is 13.2 Å². The smallest absolute Gasteiger partial charge is 0.261 e. The summed E-state index contributed by atoms with van der Waals surface area (Å²) in [6.45, 7) is 3.93. The molecule has 182 valence electrons. The Labute approximate surface area is 206 Å². The molecule has 0 bridgehead atoms. The van der Waals surface area contributed by atoms with Crippen LogP contribution in [0.15, 0.2) is 84.4 Å². The molecule has 4 rings (SSSR count). The molecule has 7 nitrogen and oxygen atoms in total. The average molecular weight is 492 g/mol. The molecule has 0 atom stereocenters. The zero-order chi connectivity index (χ0) is 24.7. The standard InChI is InChI=1S/C27H29N3O4S/c1-2-18-28-27(31)22-10-17-26(29-19-22)34-24-13-11-23(12-14-24)30-35(32,33)25-15-8-21(9-16-25)20-6-4-3-5-7-20/h2,8-17,19-20,30H,1,3-7,18H2,(H,28,31). The molecule has 0 radical (unpaired) electrons. The van der Waals surface area contributed by atoms with Crippen molar-refractivity contribution < 1.29 is 17.9 Å². The number of nitrogens with zero attached hydrogens (tertiary/aromatic N) is 1. The molecule has 1 amide bonds. The van der Waals surface area contributed by atoms with Crippen LogP contribution in [0.1, 0.15) is 53.9 Å². The third-order valence-corrected chi connectivity index (χ3v) is 7.40. The molecule has 1 heterocycles. The van der Waals surface area contributed by atoms with E-state index < -0.39 is 10.0 Å². The molecule has 0 saturated heterocycles. The molecule has 0 unspecified atom stereocenters. The van der Waals surface area contributed by atoms with Crippen LogP contribution < -0.4 is 14.8 Å². The topological polar surface area (TPSA) is 97.4 Å². The Morgan fingerprint density at radius 1 is 1.00 bits per heavy atom. The maximum absolute atomic E-state index is 12.8. The number of pyridine rings is 1. The van der Waals surface area contributed by atoms with Gasteiger partial charge >= 0.3 is 0 Å². The summed E-state index contributed by atoms with van der Waals surface area (Å²) in [4.78, 5) is 16.3. The molecule has 3 aromatic rings. The quantitative estimate of drug-likeness (QED) is 0.378. The predicted octanol–water partition coefficient (Wildman–Crippen LogP) is 5.64. The summed E-state index contributed by atoms with van der Waals surface area (Å²) < 4.78 is 34.0. The monoisotopic (exact) mass is 491 g/mol. The van der Waals surface area contributed by atoms with Gasteiger partial charge in [0, 0.05) is 24.5 Å². The van der Waals surface area contributed by atoms with E-state index in [4.69, 9.17) is 4.74 Å². The molecule has 1 aromatic heterocycles. The second-order valence-corrected chi connectivity index (χ2v) is 10.2. The van der Waals surface area contributed by atoms with Crippen molar-refractivity contribution in [1.29, 1.82) is 0 Å². The fourth-order valence-corrected chi connectivity index (χ4v) is 5.18. The molecule has 2 aromatic carbocycles. The lowest BCUT2D eigenvalue weighted by Crippen LogP contribution is -2.23. The normalized spacial score (nSPS) is 14.2. The van der Waals surface area contributed by atoms with Gasteiger partial charge in [-0.2, -0.15) is 0 Å². The molecule has 0 spiro atoms. The SMILES string of the molecule is C=CCNC(=O)c1ccc(Oc2ccc(NS(=O)(=O)c3ccc(C4CCCCC4)cc3)cc2)nc1. The molecular formula is C27H29N3O4S. The fraction of sp³-hybridized carbons (Fsp3) is 0.259. The number of nitrogens with one attached hydrogen (secondary N) is 2. The van der Waals surface area contributed by atoms with Crippen molar-refractivity contribution >= 4 is 21.6 Å². The third kappa shape index (κ3) is 6.48. The number of anilines is 1. The lowest BCUT2D eigenvalue weighted by Gasteiger charge is -2.22. The van der Waals surface area contributed by atoms with Crippen molar-refractivity contribution in [3.05, 3.63) is 90.6 Å². The number of ether oxygens (including phenoxy) is 1. The van der Waals surface area contributed by atoms with Gasteiger partial charge in [0.05, 0.1) is 10.5 Å². The minimum atomic E-state index is -3.70. The molecule has 35 heavy (non-hydrogen) atoms. The van der Waals surface area contributed by atoms with E-state index >= 15 is 0 Å². The number of hydrogen-bond donors (Lipinski definition) is 2. The molecule has 2 N–H and O–H groups in total. The summed E-state index contributed by atoms with van der Waals surface area (Å²) in [6, 6.07) is 17.0. The van der Waals surface area contributed by atoms with Crippen molar-refractivity contribution in [2.45, 2.75) is 42.9 Å². The van der Waals surface area contributed by atoms with Gasteiger partial charge in [-0.3, -0.25) is 9.52 Å². The Kier molecular flexibility index (Phi) is 7.82. The van der Waals surface area contributed by atoms with Gasteiger partial charge in [0.15, 0.2) is 0 Å². The molecule has 0 aliphatic heterocycles. The van der Waals surface area contributed by atoms with Crippen LogP contribution in [0.2, 0.25) is 0 Å². The summed E-state index contributed by atoms with van der Waals surface area (Å²) in [7, 11) is -3.70. The average Bonchev–Trinajstić information content (AvgIpc) is 2.89. The zero-order valence-corrected chi connectivity index (χ0v) is 20.3. The summed E-state index contributed by atoms with van der Waals surface area (Å²) in [5, 5.41) is 2.68. The van der Waals surface area contributed by atoms with E-state index in [2.05, 4.69) is 21.6 Å². The Hall–Kier alpha value is -3.65. The second kappa shape index (κ2) is 11.2. The van der Waals surface area contributed by atoms with Gasteiger partial charge in [-0.25, -0.2) is 13.4 Å². The molecule has 8 heteroatoms. The minimum absolute atomic E-state index is 0.235. The first kappa shape index (κ1) is 24.5. The van der Waals surface area contributed by atoms with E-state index in [1.165, 1.54) is 43.9 Å². The van der Waals surface area contributed by atoms with Crippen molar-refractivity contribution in [2.75, 3.05) is 11.3 Å². The van der Waals surface area contributed by atoms with Gasteiger partial charge in [0.25, 0.3) is 15.9 Å². The highest BCUT2D eigenvalue weighted by Crippen LogP contribution is 2.33. The number of rotatable bonds is 9. The highest BCUT2D eigenvalue weighted by Gasteiger charge is 2.18. The molecule has 1 fully saturated rings. The number of aromatic nitrogens is 1. The Morgan fingerprint density at radius 2 is 1.71 bits per heavy atom. The van der Waals surface area contributed by atoms with E-state index in [1.54, 1.807) is 54.6 Å². The number of benzene rings is 2. The van der Waals surface area contributed by atoms with E-state index in [1.807, 2.05) is 12.1 Å².